The van der Waals surface area contributed by atoms with Crippen molar-refractivity contribution in [2.24, 2.45) is 0 Å². The van der Waals surface area contributed by atoms with E-state index in [4.69, 9.17) is 0 Å². The van der Waals surface area contributed by atoms with E-state index in [9.17, 15) is 0 Å². The molecular formula is C36H25NS. The Morgan fingerprint density at radius 3 is 1.82 bits per heavy atom. The number of hydrogen-bond acceptors (Lipinski definition) is 2. The second kappa shape index (κ2) is 9.66. The van der Waals surface area contributed by atoms with Crippen molar-refractivity contribution in [1.82, 2.24) is 0 Å². The van der Waals surface area contributed by atoms with Gasteiger partial charge >= 0.3 is 0 Å². The molecule has 0 saturated heterocycles. The van der Waals surface area contributed by atoms with Gasteiger partial charge in [-0.3, -0.25) is 0 Å². The van der Waals surface area contributed by atoms with Crippen molar-refractivity contribution in [2.75, 3.05) is 5.32 Å². The standard InChI is InChI=1S/C36H25NS/c1-2-9-25(10-3-1)26-17-19-27(20-18-26)30-11-4-6-15-34(30)37-29-23-21-28(22-24-29)31-13-8-14-33-32-12-5-7-16-35(32)38-36(31)33/h1-24,37H. The summed E-state index contributed by atoms with van der Waals surface area (Å²) in [6, 6.07) is 51.9. The van der Waals surface area contributed by atoms with Gasteiger partial charge in [-0.2, -0.15) is 0 Å². The van der Waals surface area contributed by atoms with Gasteiger partial charge in [0.1, 0.15) is 0 Å². The molecule has 0 unspecified atom stereocenters. The van der Waals surface area contributed by atoms with E-state index in [1.165, 1.54) is 53.6 Å². The van der Waals surface area contributed by atoms with Gasteiger partial charge in [-0.15, -0.1) is 11.3 Å². The van der Waals surface area contributed by atoms with E-state index in [0.717, 1.165) is 11.4 Å². The van der Waals surface area contributed by atoms with Gasteiger partial charge in [0.2, 0.25) is 0 Å². The summed E-state index contributed by atoms with van der Waals surface area (Å²) in [7, 11) is 0. The molecule has 0 aliphatic carbocycles. The second-order valence-electron chi connectivity index (χ2n) is 9.47. The lowest BCUT2D eigenvalue weighted by Gasteiger charge is -2.14. The second-order valence-corrected chi connectivity index (χ2v) is 10.5. The van der Waals surface area contributed by atoms with Crippen LogP contribution in [0.5, 0.6) is 0 Å². The Balaban J connectivity index is 1.18. The van der Waals surface area contributed by atoms with Crippen LogP contribution in [0.15, 0.2) is 146 Å². The van der Waals surface area contributed by atoms with Crippen LogP contribution in [0.1, 0.15) is 0 Å². The number of anilines is 2. The van der Waals surface area contributed by atoms with Gasteiger partial charge in [0.15, 0.2) is 0 Å². The molecule has 0 aliphatic heterocycles. The molecule has 1 aromatic heterocycles. The molecule has 0 aliphatic rings. The molecular weight excluding hydrogens is 478 g/mol. The van der Waals surface area contributed by atoms with Crippen molar-refractivity contribution < 1.29 is 0 Å². The maximum Gasteiger partial charge on any atom is 0.0463 e. The molecule has 0 fully saturated rings. The molecule has 7 aromatic rings. The third-order valence-corrected chi connectivity index (χ3v) is 8.33. The SMILES string of the molecule is c1ccc(-c2ccc(-c3ccccc3Nc3ccc(-c4cccc5c4sc4ccccc45)cc3)cc2)cc1. The van der Waals surface area contributed by atoms with Crippen molar-refractivity contribution in [1.29, 1.82) is 0 Å². The van der Waals surface area contributed by atoms with Crippen LogP contribution in [0.3, 0.4) is 0 Å². The number of rotatable bonds is 5. The summed E-state index contributed by atoms with van der Waals surface area (Å²) >= 11 is 1.87. The fourth-order valence-electron chi connectivity index (χ4n) is 5.18. The lowest BCUT2D eigenvalue weighted by atomic mass is 9.99. The molecule has 1 N–H and O–H groups in total. The highest BCUT2D eigenvalue weighted by molar-refractivity contribution is 7.26. The van der Waals surface area contributed by atoms with E-state index in [-0.39, 0.29) is 0 Å². The van der Waals surface area contributed by atoms with E-state index in [1.807, 2.05) is 11.3 Å². The molecule has 0 amide bonds. The monoisotopic (exact) mass is 503 g/mol. The summed E-state index contributed by atoms with van der Waals surface area (Å²) in [6.45, 7) is 0. The largest absolute Gasteiger partial charge is 0.355 e. The smallest absolute Gasteiger partial charge is 0.0463 e. The van der Waals surface area contributed by atoms with Crippen molar-refractivity contribution in [3.63, 3.8) is 0 Å². The van der Waals surface area contributed by atoms with Crippen LogP contribution < -0.4 is 5.32 Å². The topological polar surface area (TPSA) is 12.0 Å². The van der Waals surface area contributed by atoms with E-state index in [2.05, 4.69) is 151 Å². The normalized spacial score (nSPS) is 11.2. The fourth-order valence-corrected chi connectivity index (χ4v) is 6.42. The Kier molecular flexibility index (Phi) is 5.73. The summed E-state index contributed by atoms with van der Waals surface area (Å²) in [5.74, 6) is 0. The molecule has 180 valence electrons. The van der Waals surface area contributed by atoms with E-state index < -0.39 is 0 Å². The van der Waals surface area contributed by atoms with Gasteiger partial charge in [-0.05, 0) is 52.1 Å². The van der Waals surface area contributed by atoms with Gasteiger partial charge in [0.05, 0.1) is 0 Å². The van der Waals surface area contributed by atoms with Crippen LogP contribution in [0.2, 0.25) is 0 Å². The molecule has 0 atom stereocenters. The molecule has 1 nitrogen and oxygen atoms in total. The maximum absolute atomic E-state index is 3.66. The zero-order chi connectivity index (χ0) is 25.3. The Hall–Kier alpha value is -4.66. The number of nitrogens with one attached hydrogen (secondary N) is 1. The molecule has 2 heteroatoms. The van der Waals surface area contributed by atoms with Crippen LogP contribution in [-0.2, 0) is 0 Å². The van der Waals surface area contributed by atoms with Gasteiger partial charge in [0, 0.05) is 37.1 Å². The van der Waals surface area contributed by atoms with Crippen molar-refractivity contribution >= 4 is 42.9 Å². The third kappa shape index (κ3) is 4.15. The van der Waals surface area contributed by atoms with Gasteiger partial charge < -0.3 is 5.32 Å². The molecule has 6 aromatic carbocycles. The van der Waals surface area contributed by atoms with Crippen LogP contribution in [0.4, 0.5) is 11.4 Å². The molecule has 1 heterocycles. The number of para-hydroxylation sites is 1. The average molecular weight is 504 g/mol. The number of benzene rings is 6. The Morgan fingerprint density at radius 1 is 0.395 bits per heavy atom. The number of fused-ring (bicyclic) bond motifs is 3. The van der Waals surface area contributed by atoms with E-state index in [0.29, 0.717) is 0 Å². The van der Waals surface area contributed by atoms with Gasteiger partial charge in [-0.25, -0.2) is 0 Å². The highest BCUT2D eigenvalue weighted by Crippen LogP contribution is 2.40. The summed E-state index contributed by atoms with van der Waals surface area (Å²) in [6.07, 6.45) is 0. The van der Waals surface area contributed by atoms with Crippen LogP contribution >= 0.6 is 11.3 Å². The van der Waals surface area contributed by atoms with Gasteiger partial charge in [-0.1, -0.05) is 121 Å². The first-order valence-electron chi connectivity index (χ1n) is 12.9. The van der Waals surface area contributed by atoms with E-state index >= 15 is 0 Å². The summed E-state index contributed by atoms with van der Waals surface area (Å²) < 4.78 is 2.68. The molecule has 0 bridgehead atoms. The van der Waals surface area contributed by atoms with Crippen molar-refractivity contribution in [3.05, 3.63) is 146 Å². The average Bonchev–Trinajstić information content (AvgIpc) is 3.38. The summed E-state index contributed by atoms with van der Waals surface area (Å²) in [5, 5.41) is 6.32. The van der Waals surface area contributed by atoms with Crippen LogP contribution in [0, 0.1) is 0 Å². The molecule has 0 saturated carbocycles. The quantitative estimate of drug-likeness (QED) is 0.246. The first-order valence-corrected chi connectivity index (χ1v) is 13.7. The van der Waals surface area contributed by atoms with E-state index in [1.54, 1.807) is 0 Å². The minimum absolute atomic E-state index is 1.07. The first kappa shape index (κ1) is 22.5. The minimum Gasteiger partial charge on any atom is -0.355 e. The van der Waals surface area contributed by atoms with Crippen LogP contribution in [0.25, 0.3) is 53.6 Å². The Labute approximate surface area is 226 Å². The number of thiophene rings is 1. The highest BCUT2D eigenvalue weighted by Gasteiger charge is 2.11. The zero-order valence-corrected chi connectivity index (χ0v) is 21.6. The Morgan fingerprint density at radius 2 is 0.974 bits per heavy atom. The molecule has 0 radical (unpaired) electrons. The molecule has 0 spiro atoms. The zero-order valence-electron chi connectivity index (χ0n) is 20.8. The van der Waals surface area contributed by atoms with Gasteiger partial charge in [0.25, 0.3) is 0 Å². The van der Waals surface area contributed by atoms with Crippen LogP contribution in [-0.4, -0.2) is 0 Å². The predicted molar refractivity (Wildman–Crippen MR) is 165 cm³/mol. The lowest BCUT2D eigenvalue weighted by molar-refractivity contribution is 1.53. The number of hydrogen-bond donors (Lipinski definition) is 1. The highest BCUT2D eigenvalue weighted by atomic mass is 32.1. The predicted octanol–water partition coefficient (Wildman–Crippen LogP) is 10.8. The fraction of sp³-hybridized carbons (Fsp3) is 0. The summed E-state index contributed by atoms with van der Waals surface area (Å²) in [4.78, 5) is 0. The maximum atomic E-state index is 3.66. The summed E-state index contributed by atoms with van der Waals surface area (Å²) in [5.41, 5.74) is 9.53. The Bertz CT molecular complexity index is 1860. The van der Waals surface area contributed by atoms with Crippen molar-refractivity contribution in [2.45, 2.75) is 0 Å². The third-order valence-electron chi connectivity index (χ3n) is 7.11. The molecule has 38 heavy (non-hydrogen) atoms. The van der Waals surface area contributed by atoms with Crippen molar-refractivity contribution in [3.8, 4) is 33.4 Å². The minimum atomic E-state index is 1.07. The first-order chi connectivity index (χ1) is 18.8. The lowest BCUT2D eigenvalue weighted by Crippen LogP contribution is -1.93. The molecule has 7 rings (SSSR count).